The van der Waals surface area contributed by atoms with Gasteiger partial charge in [-0.1, -0.05) is 53.0 Å². The van der Waals surface area contributed by atoms with E-state index in [0.29, 0.717) is 20.2 Å². The van der Waals surface area contributed by atoms with Crippen molar-refractivity contribution in [2.24, 2.45) is 0 Å². The number of halogens is 3. The summed E-state index contributed by atoms with van der Waals surface area (Å²) in [6.07, 6.45) is 0. The number of hydrogen-bond acceptors (Lipinski definition) is 5. The third-order valence-electron chi connectivity index (χ3n) is 2.48. The van der Waals surface area contributed by atoms with Crippen LogP contribution in [0.4, 0.5) is 0 Å². The predicted molar refractivity (Wildman–Crippen MR) is 82.5 cm³/mol. The molecule has 0 fully saturated rings. The van der Waals surface area contributed by atoms with Gasteiger partial charge in [-0.05, 0) is 40.4 Å². The highest BCUT2D eigenvalue weighted by atomic mass is 35.5. The molecule has 0 N–H and O–H groups in total. The largest absolute Gasteiger partial charge is 0.226 e. The maximum Gasteiger partial charge on any atom is 0.220 e. The topological polar surface area (TPSA) is 56.5 Å². The number of pyridine rings is 1. The lowest BCUT2D eigenvalue weighted by Crippen LogP contribution is -1.98. The lowest BCUT2D eigenvalue weighted by Gasteiger charge is -2.05. The average Bonchev–Trinajstić information content (AvgIpc) is 2.94. The molecule has 0 aliphatic carbocycles. The summed E-state index contributed by atoms with van der Waals surface area (Å²) in [6, 6.07) is 11.0. The Bertz CT molecular complexity index is 778. The van der Waals surface area contributed by atoms with Crippen molar-refractivity contribution >= 4 is 46.6 Å². The van der Waals surface area contributed by atoms with Crippen LogP contribution in [0.1, 0.15) is 0 Å². The molecular weight excluding hydrogens is 353 g/mol. The van der Waals surface area contributed by atoms with Gasteiger partial charge in [-0.3, -0.25) is 0 Å². The smallest absolute Gasteiger partial charge is 0.220 e. The van der Waals surface area contributed by atoms with E-state index in [0.717, 1.165) is 5.69 Å². The van der Waals surface area contributed by atoms with Crippen molar-refractivity contribution in [2.45, 2.75) is 10.2 Å². The van der Waals surface area contributed by atoms with Crippen LogP contribution in [0, 0.1) is 0 Å². The van der Waals surface area contributed by atoms with Crippen LogP contribution in [-0.2, 0) is 0 Å². The highest BCUT2D eigenvalue weighted by molar-refractivity contribution is 7.99. The van der Waals surface area contributed by atoms with Crippen LogP contribution in [0.2, 0.25) is 15.2 Å². The summed E-state index contributed by atoms with van der Waals surface area (Å²) in [4.78, 5) is 4.14. The number of aromatic nitrogens is 5. The Morgan fingerprint density at radius 1 is 1.00 bits per heavy atom. The summed E-state index contributed by atoms with van der Waals surface area (Å²) in [6.45, 7) is 0. The lowest BCUT2D eigenvalue weighted by atomic mass is 10.3. The fraction of sp³-hybridized carbons (Fsp3) is 0. The summed E-state index contributed by atoms with van der Waals surface area (Å²) in [5.41, 5.74) is 0.834. The summed E-state index contributed by atoms with van der Waals surface area (Å²) >= 11 is 19.1. The Hall–Kier alpha value is -1.34. The number of nitrogens with zero attached hydrogens (tertiary/aromatic N) is 5. The molecule has 0 saturated carbocycles. The second-order valence-corrected chi connectivity index (χ2v) is 5.99. The highest BCUT2D eigenvalue weighted by Crippen LogP contribution is 2.35. The van der Waals surface area contributed by atoms with Gasteiger partial charge in [-0.15, -0.1) is 5.10 Å². The normalized spacial score (nSPS) is 10.8. The van der Waals surface area contributed by atoms with Crippen molar-refractivity contribution in [1.29, 1.82) is 0 Å². The minimum atomic E-state index is 0.183. The van der Waals surface area contributed by atoms with Crippen molar-refractivity contribution in [1.82, 2.24) is 25.2 Å². The number of rotatable bonds is 3. The van der Waals surface area contributed by atoms with Crippen molar-refractivity contribution in [3.8, 4) is 5.69 Å². The van der Waals surface area contributed by atoms with Crippen molar-refractivity contribution < 1.29 is 0 Å². The molecule has 0 aliphatic rings. The molecule has 3 rings (SSSR count). The molecule has 21 heavy (non-hydrogen) atoms. The third-order valence-corrected chi connectivity index (χ3v) is 4.50. The van der Waals surface area contributed by atoms with E-state index in [2.05, 4.69) is 20.5 Å². The SMILES string of the molecule is Clc1cc(Cl)c(Sc2nnnn2-c2ccccc2)nc1Cl. The van der Waals surface area contributed by atoms with E-state index in [-0.39, 0.29) is 5.15 Å². The van der Waals surface area contributed by atoms with Crippen LogP contribution >= 0.6 is 46.6 Å². The zero-order valence-corrected chi connectivity index (χ0v) is 13.3. The summed E-state index contributed by atoms with van der Waals surface area (Å²) in [5.74, 6) is 0. The van der Waals surface area contributed by atoms with Gasteiger partial charge in [0.2, 0.25) is 5.16 Å². The third kappa shape index (κ3) is 3.13. The molecular formula is C12H6Cl3N5S. The molecule has 5 nitrogen and oxygen atoms in total. The molecule has 0 spiro atoms. The number of tetrazole rings is 1. The molecule has 0 radical (unpaired) electrons. The summed E-state index contributed by atoms with van der Waals surface area (Å²) in [5, 5.41) is 13.5. The number of para-hydroxylation sites is 1. The van der Waals surface area contributed by atoms with Gasteiger partial charge in [0.05, 0.1) is 15.7 Å². The van der Waals surface area contributed by atoms with Crippen LogP contribution in [0.25, 0.3) is 5.69 Å². The van der Waals surface area contributed by atoms with Gasteiger partial charge in [0.15, 0.2) is 0 Å². The fourth-order valence-corrected chi connectivity index (χ4v) is 3.00. The fourth-order valence-electron chi connectivity index (χ4n) is 1.56. The minimum absolute atomic E-state index is 0.183. The van der Waals surface area contributed by atoms with E-state index >= 15 is 0 Å². The van der Waals surface area contributed by atoms with Gasteiger partial charge in [-0.2, -0.15) is 4.68 Å². The predicted octanol–water partition coefficient (Wildman–Crippen LogP) is 4.17. The highest BCUT2D eigenvalue weighted by Gasteiger charge is 2.15. The Kier molecular flexibility index (Phi) is 4.30. The lowest BCUT2D eigenvalue weighted by molar-refractivity contribution is 0.756. The van der Waals surface area contributed by atoms with Gasteiger partial charge < -0.3 is 0 Å². The molecule has 3 aromatic rings. The van der Waals surface area contributed by atoms with Gasteiger partial charge in [-0.25, -0.2) is 4.98 Å². The minimum Gasteiger partial charge on any atom is -0.226 e. The molecule has 9 heteroatoms. The first kappa shape index (κ1) is 14.6. The molecule has 0 amide bonds. The molecule has 0 bridgehead atoms. The standard InChI is InChI=1S/C12H6Cl3N5S/c13-8-6-9(14)11(16-10(8)15)21-12-17-18-19-20(12)7-4-2-1-3-5-7/h1-6H. The van der Waals surface area contributed by atoms with E-state index in [1.165, 1.54) is 17.8 Å². The van der Waals surface area contributed by atoms with E-state index in [9.17, 15) is 0 Å². The summed E-state index contributed by atoms with van der Waals surface area (Å²) in [7, 11) is 0. The first-order chi connectivity index (χ1) is 10.1. The van der Waals surface area contributed by atoms with Gasteiger partial charge in [0.1, 0.15) is 10.2 Å². The monoisotopic (exact) mass is 357 g/mol. The first-order valence-corrected chi connectivity index (χ1v) is 7.63. The molecule has 1 aromatic carbocycles. The zero-order valence-electron chi connectivity index (χ0n) is 10.2. The molecule has 0 aliphatic heterocycles. The second kappa shape index (κ2) is 6.19. The van der Waals surface area contributed by atoms with Crippen LogP contribution < -0.4 is 0 Å². The average molecular weight is 359 g/mol. The Balaban J connectivity index is 1.97. The van der Waals surface area contributed by atoms with Crippen LogP contribution in [0.3, 0.4) is 0 Å². The van der Waals surface area contributed by atoms with Gasteiger partial charge in [0.25, 0.3) is 0 Å². The Morgan fingerprint density at radius 3 is 2.52 bits per heavy atom. The van der Waals surface area contributed by atoms with E-state index in [4.69, 9.17) is 34.8 Å². The second-order valence-electron chi connectivity index (χ2n) is 3.86. The van der Waals surface area contributed by atoms with E-state index in [1.807, 2.05) is 30.3 Å². The molecule has 0 atom stereocenters. The van der Waals surface area contributed by atoms with E-state index < -0.39 is 0 Å². The maximum absolute atomic E-state index is 6.11. The Morgan fingerprint density at radius 2 is 1.76 bits per heavy atom. The Labute approximate surface area is 139 Å². The molecule has 2 heterocycles. The number of hydrogen-bond donors (Lipinski definition) is 0. The van der Waals surface area contributed by atoms with Crippen molar-refractivity contribution in [3.05, 3.63) is 51.6 Å². The molecule has 0 saturated heterocycles. The first-order valence-electron chi connectivity index (χ1n) is 5.68. The zero-order chi connectivity index (χ0) is 14.8. The van der Waals surface area contributed by atoms with Crippen molar-refractivity contribution in [2.75, 3.05) is 0 Å². The van der Waals surface area contributed by atoms with E-state index in [1.54, 1.807) is 4.68 Å². The quantitative estimate of drug-likeness (QED) is 0.658. The molecule has 2 aromatic heterocycles. The van der Waals surface area contributed by atoms with Crippen LogP contribution in [0.5, 0.6) is 0 Å². The maximum atomic E-state index is 6.11. The molecule has 106 valence electrons. The van der Waals surface area contributed by atoms with Gasteiger partial charge in [0, 0.05) is 0 Å². The molecule has 0 unspecified atom stereocenters. The van der Waals surface area contributed by atoms with Crippen LogP contribution in [-0.4, -0.2) is 25.2 Å². The van der Waals surface area contributed by atoms with Crippen LogP contribution in [0.15, 0.2) is 46.6 Å². The van der Waals surface area contributed by atoms with Gasteiger partial charge >= 0.3 is 0 Å². The number of benzene rings is 1. The summed E-state index contributed by atoms with van der Waals surface area (Å²) < 4.78 is 1.59. The van der Waals surface area contributed by atoms with Crippen molar-refractivity contribution in [3.63, 3.8) is 0 Å².